The molecule has 1 atom stereocenters. The van der Waals surface area contributed by atoms with Crippen molar-refractivity contribution in [3.05, 3.63) is 265 Å². The lowest BCUT2D eigenvalue weighted by atomic mass is 9.80. The van der Waals surface area contributed by atoms with Gasteiger partial charge in [-0.05, 0) is 196 Å². The van der Waals surface area contributed by atoms with Gasteiger partial charge in [0.2, 0.25) is 0 Å². The first kappa shape index (κ1) is 52.0. The number of hydrogen-bond acceptors (Lipinski definition) is 8. The summed E-state index contributed by atoms with van der Waals surface area (Å²) in [6.45, 7) is 11.5. The summed E-state index contributed by atoms with van der Waals surface area (Å²) in [5.74, 6) is 1.24. The molecule has 0 N–H and O–H groups in total. The number of aromatic nitrogens is 2. The lowest BCUT2D eigenvalue weighted by Crippen LogP contribution is -2.18. The molecule has 1 heterocycles. The van der Waals surface area contributed by atoms with Crippen molar-refractivity contribution < 1.29 is 9.47 Å². The monoisotopic (exact) mass is 1110 g/mol. The zero-order chi connectivity index (χ0) is 57.1. The molecule has 406 valence electrons. The van der Waals surface area contributed by atoms with Gasteiger partial charge in [-0.3, -0.25) is 0 Å². The molecular formula is C76H59N5O2S. The highest BCUT2D eigenvalue weighted by atomic mass is 32.1. The fourth-order valence-electron chi connectivity index (χ4n) is 12.9. The van der Waals surface area contributed by atoms with Gasteiger partial charge in [0.15, 0.2) is 11.5 Å². The van der Waals surface area contributed by atoms with Crippen LogP contribution in [0, 0.1) is 11.3 Å². The van der Waals surface area contributed by atoms with Crippen molar-refractivity contribution in [2.24, 2.45) is 0 Å². The Hall–Kier alpha value is -10.1. The van der Waals surface area contributed by atoms with E-state index in [2.05, 4.69) is 260 Å². The van der Waals surface area contributed by atoms with Gasteiger partial charge in [-0.1, -0.05) is 159 Å². The molecule has 11 aromatic carbocycles. The van der Waals surface area contributed by atoms with Crippen LogP contribution in [0.1, 0.15) is 56.9 Å². The fraction of sp³-hybridized carbons (Fsp3) is 0.118. The SMILES string of the molecule is CCOc1c(OCC)c(-c2ccc3c(c2)C(C)(C#N)c2cc(-c4ccc(N(c5ccccc5)c5ccccc5)cc4)ccc2-3)c2nsnc2c1-c1ccc2c(c1)C(C)(C)c1cc(-c3ccc(N(c4ccccc4)c4ccccc4)cc3)ccc1-2. The molecule has 0 fully saturated rings. The summed E-state index contributed by atoms with van der Waals surface area (Å²) in [7, 11) is 0. The van der Waals surface area contributed by atoms with Gasteiger partial charge in [-0.15, -0.1) is 0 Å². The molecule has 1 unspecified atom stereocenters. The number of benzene rings is 11. The average Bonchev–Trinajstić information content (AvgIpc) is 2.13. The number of nitriles is 1. The van der Waals surface area contributed by atoms with Crippen LogP contribution < -0.4 is 19.3 Å². The van der Waals surface area contributed by atoms with E-state index in [4.69, 9.17) is 18.2 Å². The maximum Gasteiger partial charge on any atom is 0.171 e. The number of hydrogen-bond donors (Lipinski definition) is 0. The van der Waals surface area contributed by atoms with Crippen molar-refractivity contribution in [2.75, 3.05) is 23.0 Å². The van der Waals surface area contributed by atoms with Gasteiger partial charge >= 0.3 is 0 Å². The molecule has 7 nitrogen and oxygen atoms in total. The minimum atomic E-state index is -0.949. The molecule has 0 radical (unpaired) electrons. The summed E-state index contributed by atoms with van der Waals surface area (Å²) in [6, 6.07) is 89.0. The summed E-state index contributed by atoms with van der Waals surface area (Å²) in [6.07, 6.45) is 0. The Morgan fingerprint density at radius 2 is 0.679 bits per heavy atom. The van der Waals surface area contributed by atoms with Crippen molar-refractivity contribution in [1.29, 1.82) is 5.26 Å². The van der Waals surface area contributed by atoms with E-state index in [0.29, 0.717) is 24.7 Å². The highest BCUT2D eigenvalue weighted by molar-refractivity contribution is 7.00. The van der Waals surface area contributed by atoms with Crippen LogP contribution >= 0.6 is 11.7 Å². The number of ether oxygens (including phenoxy) is 2. The lowest BCUT2D eigenvalue weighted by molar-refractivity contribution is 0.290. The number of fused-ring (bicyclic) bond motifs is 7. The number of rotatable bonds is 14. The standard InChI is InChI=1S/C76H59N5O2S/c1-6-82-73-69(53-34-42-62-61-40-32-51(44-65(61)75(3,4)66(62)46-53)49-28-36-59(37-29-49)80(55-20-12-8-13-21-55)56-22-14-9-15-23-56)71-72(79-84-78-71)70(74(73)83-7-2)54-35-43-64-63-41-33-52(45-67(63)76(5,48-77)68(64)47-54)50-30-38-60(39-31-50)81(57-24-16-10-17-25-57)58-26-18-11-19-27-58/h8-47H,6-7H2,1-5H3. The van der Waals surface area contributed by atoms with E-state index in [1.54, 1.807) is 0 Å². The van der Waals surface area contributed by atoms with Crippen LogP contribution in [0.3, 0.4) is 0 Å². The quantitative estimate of drug-likeness (QED) is 0.107. The molecule has 2 aliphatic rings. The van der Waals surface area contributed by atoms with E-state index in [9.17, 15) is 5.26 Å². The average molecular weight is 1110 g/mol. The third-order valence-electron chi connectivity index (χ3n) is 17.1. The van der Waals surface area contributed by atoms with Crippen LogP contribution in [0.25, 0.3) is 77.8 Å². The fourth-order valence-corrected chi connectivity index (χ4v) is 13.5. The molecule has 84 heavy (non-hydrogen) atoms. The van der Waals surface area contributed by atoms with E-state index < -0.39 is 5.41 Å². The third kappa shape index (κ3) is 8.62. The number of para-hydroxylation sites is 4. The van der Waals surface area contributed by atoms with Gasteiger partial charge in [0.1, 0.15) is 16.4 Å². The first-order valence-corrected chi connectivity index (χ1v) is 29.5. The Kier molecular flexibility index (Phi) is 13.0. The van der Waals surface area contributed by atoms with Crippen LogP contribution in [-0.4, -0.2) is 22.0 Å². The maximum absolute atomic E-state index is 11.3. The second kappa shape index (κ2) is 21.0. The Bertz CT molecular complexity index is 4420. The van der Waals surface area contributed by atoms with Gasteiger partial charge in [-0.2, -0.15) is 14.0 Å². The Morgan fingerprint density at radius 3 is 1.04 bits per heavy atom. The van der Waals surface area contributed by atoms with Crippen LogP contribution in [-0.2, 0) is 10.8 Å². The minimum absolute atomic E-state index is 0.324. The minimum Gasteiger partial charge on any atom is -0.489 e. The van der Waals surface area contributed by atoms with Crippen LogP contribution in [0.15, 0.2) is 243 Å². The molecule has 2 aliphatic carbocycles. The predicted octanol–water partition coefficient (Wildman–Crippen LogP) is 20.2. The molecule has 14 rings (SSSR count). The Morgan fingerprint density at radius 1 is 0.381 bits per heavy atom. The van der Waals surface area contributed by atoms with Gasteiger partial charge < -0.3 is 19.3 Å². The molecular weight excluding hydrogens is 1050 g/mol. The number of anilines is 6. The number of nitrogens with zero attached hydrogens (tertiary/aromatic N) is 5. The first-order valence-electron chi connectivity index (χ1n) is 28.8. The second-order valence-corrected chi connectivity index (χ2v) is 22.8. The van der Waals surface area contributed by atoms with Crippen LogP contribution in [0.2, 0.25) is 0 Å². The van der Waals surface area contributed by atoms with Gasteiger partial charge in [0.25, 0.3) is 0 Å². The van der Waals surface area contributed by atoms with Gasteiger partial charge in [-0.25, -0.2) is 0 Å². The summed E-state index contributed by atoms with van der Waals surface area (Å²) in [5.41, 5.74) is 23.7. The topological polar surface area (TPSA) is 74.5 Å². The zero-order valence-electron chi connectivity index (χ0n) is 47.5. The van der Waals surface area contributed by atoms with E-state index in [0.717, 1.165) is 106 Å². The zero-order valence-corrected chi connectivity index (χ0v) is 48.3. The Labute approximate surface area is 495 Å². The lowest BCUT2D eigenvalue weighted by Gasteiger charge is -2.25. The van der Waals surface area contributed by atoms with Gasteiger partial charge in [0.05, 0.1) is 42.1 Å². The molecule has 0 spiro atoms. The molecule has 8 heteroatoms. The summed E-state index contributed by atoms with van der Waals surface area (Å²) >= 11 is 1.19. The summed E-state index contributed by atoms with van der Waals surface area (Å²) in [4.78, 5) is 4.56. The largest absolute Gasteiger partial charge is 0.489 e. The molecule has 0 bridgehead atoms. The van der Waals surface area contributed by atoms with Crippen molar-refractivity contribution in [3.8, 4) is 84.3 Å². The van der Waals surface area contributed by atoms with E-state index >= 15 is 0 Å². The molecule has 12 aromatic rings. The van der Waals surface area contributed by atoms with E-state index in [-0.39, 0.29) is 5.41 Å². The maximum atomic E-state index is 11.3. The molecule has 0 aliphatic heterocycles. The summed E-state index contributed by atoms with van der Waals surface area (Å²) < 4.78 is 23.6. The molecule has 1 aromatic heterocycles. The summed E-state index contributed by atoms with van der Waals surface area (Å²) in [5, 5.41) is 11.3. The van der Waals surface area contributed by atoms with Crippen molar-refractivity contribution >= 4 is 56.9 Å². The van der Waals surface area contributed by atoms with E-state index in [1.807, 2.05) is 32.9 Å². The molecule has 0 amide bonds. The van der Waals surface area contributed by atoms with Crippen LogP contribution in [0.5, 0.6) is 11.5 Å². The smallest absolute Gasteiger partial charge is 0.171 e. The van der Waals surface area contributed by atoms with E-state index in [1.165, 1.54) is 39.5 Å². The highest BCUT2D eigenvalue weighted by Crippen LogP contribution is 2.57. The van der Waals surface area contributed by atoms with Crippen molar-refractivity contribution in [2.45, 2.75) is 45.4 Å². The second-order valence-electron chi connectivity index (χ2n) is 22.2. The highest BCUT2D eigenvalue weighted by Gasteiger charge is 2.41. The first-order chi connectivity index (χ1) is 41.2. The predicted molar refractivity (Wildman–Crippen MR) is 346 cm³/mol. The van der Waals surface area contributed by atoms with Crippen molar-refractivity contribution in [1.82, 2.24) is 8.75 Å². The van der Waals surface area contributed by atoms with Crippen LogP contribution in [0.4, 0.5) is 34.1 Å². The molecule has 0 saturated carbocycles. The normalized spacial score (nSPS) is 14.2. The van der Waals surface area contributed by atoms with Gasteiger partial charge in [0, 0.05) is 39.5 Å². The Balaban J connectivity index is 0.796. The van der Waals surface area contributed by atoms with Crippen molar-refractivity contribution in [3.63, 3.8) is 0 Å². The third-order valence-corrected chi connectivity index (χ3v) is 17.6. The molecule has 0 saturated heterocycles.